The van der Waals surface area contributed by atoms with Crippen LogP contribution < -0.4 is 10.1 Å². The van der Waals surface area contributed by atoms with Crippen molar-refractivity contribution in [3.05, 3.63) is 47.5 Å². The summed E-state index contributed by atoms with van der Waals surface area (Å²) >= 11 is 0. The highest BCUT2D eigenvalue weighted by atomic mass is 19.4. The molecule has 7 heteroatoms. The van der Waals surface area contributed by atoms with E-state index in [4.69, 9.17) is 4.74 Å². The zero-order valence-electron chi connectivity index (χ0n) is 15.0. The van der Waals surface area contributed by atoms with Gasteiger partial charge in [-0.15, -0.1) is 0 Å². The molecule has 0 saturated carbocycles. The molecule has 26 heavy (non-hydrogen) atoms. The Balaban J connectivity index is 1.53. The highest BCUT2D eigenvalue weighted by Crippen LogP contribution is 2.30. The Morgan fingerprint density at radius 3 is 2.85 bits per heavy atom. The summed E-state index contributed by atoms with van der Waals surface area (Å²) in [5, 5.41) is 3.51. The molecule has 2 unspecified atom stereocenters. The average molecular weight is 367 g/mol. The molecule has 4 nitrogen and oxygen atoms in total. The lowest BCUT2D eigenvalue weighted by Gasteiger charge is -2.26. The van der Waals surface area contributed by atoms with Crippen molar-refractivity contribution < 1.29 is 17.9 Å². The van der Waals surface area contributed by atoms with Crippen molar-refractivity contribution in [2.24, 2.45) is 5.92 Å². The third-order valence-corrected chi connectivity index (χ3v) is 4.85. The van der Waals surface area contributed by atoms with Crippen molar-refractivity contribution in [1.82, 2.24) is 14.9 Å². The summed E-state index contributed by atoms with van der Waals surface area (Å²) in [6.07, 6.45) is -0.960. The zero-order valence-corrected chi connectivity index (χ0v) is 15.0. The number of nitrogens with one attached hydrogen (secondary N) is 1. The lowest BCUT2D eigenvalue weighted by atomic mass is 9.98. The van der Waals surface area contributed by atoms with Gasteiger partial charge in [0.25, 0.3) is 0 Å². The van der Waals surface area contributed by atoms with E-state index in [1.807, 2.05) is 24.3 Å². The van der Waals surface area contributed by atoms with Gasteiger partial charge < -0.3 is 14.6 Å². The molecule has 0 amide bonds. The summed E-state index contributed by atoms with van der Waals surface area (Å²) in [4.78, 5) is 3.73. The van der Waals surface area contributed by atoms with Crippen LogP contribution in [0.1, 0.15) is 30.4 Å². The Morgan fingerprint density at radius 2 is 2.12 bits per heavy atom. The van der Waals surface area contributed by atoms with Gasteiger partial charge in [0.2, 0.25) is 0 Å². The van der Waals surface area contributed by atoms with Crippen LogP contribution >= 0.6 is 0 Å². The number of methoxy groups -OCH3 is 1. The zero-order chi connectivity index (χ0) is 18.7. The Bertz CT molecular complexity index is 742. The van der Waals surface area contributed by atoms with Crippen molar-refractivity contribution in [1.29, 1.82) is 0 Å². The van der Waals surface area contributed by atoms with Crippen LogP contribution in [-0.4, -0.2) is 29.2 Å². The highest BCUT2D eigenvalue weighted by Gasteiger charge is 2.35. The van der Waals surface area contributed by atoms with Gasteiger partial charge >= 0.3 is 6.18 Å². The summed E-state index contributed by atoms with van der Waals surface area (Å²) in [6, 6.07) is 8.18. The monoisotopic (exact) mass is 367 g/mol. The van der Waals surface area contributed by atoms with E-state index in [1.54, 1.807) is 11.7 Å². The van der Waals surface area contributed by atoms with E-state index in [0.29, 0.717) is 24.7 Å². The lowest BCUT2D eigenvalue weighted by Crippen LogP contribution is -2.36. The molecule has 0 saturated heterocycles. The van der Waals surface area contributed by atoms with Gasteiger partial charge in [-0.3, -0.25) is 0 Å². The number of nitrogens with zero attached hydrogens (tertiary/aromatic N) is 2. The summed E-state index contributed by atoms with van der Waals surface area (Å²) in [6.45, 7) is 3.46. The number of aryl methyl sites for hydroxylation is 1. The molecule has 2 aromatic rings. The van der Waals surface area contributed by atoms with Gasteiger partial charge in [0, 0.05) is 25.2 Å². The van der Waals surface area contributed by atoms with Gasteiger partial charge in [0.05, 0.1) is 7.11 Å². The van der Waals surface area contributed by atoms with Crippen molar-refractivity contribution in [2.45, 2.75) is 44.9 Å². The molecule has 0 spiro atoms. The van der Waals surface area contributed by atoms with Crippen LogP contribution in [0.15, 0.2) is 30.5 Å². The van der Waals surface area contributed by atoms with E-state index in [2.05, 4.69) is 17.2 Å². The number of benzene rings is 1. The van der Waals surface area contributed by atoms with Crippen molar-refractivity contribution in [2.75, 3.05) is 13.7 Å². The molecule has 1 aliphatic heterocycles. The summed E-state index contributed by atoms with van der Waals surface area (Å²) < 4.78 is 45.4. The maximum atomic E-state index is 12.8. The maximum absolute atomic E-state index is 12.8. The van der Waals surface area contributed by atoms with Gasteiger partial charge in [0.15, 0.2) is 5.69 Å². The van der Waals surface area contributed by atoms with Crippen LogP contribution in [0.3, 0.4) is 0 Å². The van der Waals surface area contributed by atoms with Crippen molar-refractivity contribution in [3.63, 3.8) is 0 Å². The number of alkyl halides is 3. The van der Waals surface area contributed by atoms with Gasteiger partial charge in [-0.25, -0.2) is 4.98 Å². The van der Waals surface area contributed by atoms with Gasteiger partial charge in [0.1, 0.15) is 11.6 Å². The number of para-hydroxylation sites is 1. The fraction of sp³-hybridized carbons (Fsp3) is 0.526. The fourth-order valence-electron chi connectivity index (χ4n) is 3.46. The number of ether oxygens (including phenoxy) is 1. The normalized spacial score (nSPS) is 18.4. The number of rotatable bonds is 6. The van der Waals surface area contributed by atoms with Crippen LogP contribution in [0.25, 0.3) is 0 Å². The standard InChI is InChI=1S/C19H24F3N3O/c1-13(9-15-5-3-4-6-16(15)26-2)23-10-14-7-8-18-24-17(19(20,21)22)12-25(18)11-14/h3-6,12-14,23H,7-11H2,1-2H3. The Kier molecular flexibility index (Phi) is 5.55. The maximum Gasteiger partial charge on any atom is 0.434 e. The van der Waals surface area contributed by atoms with Crippen molar-refractivity contribution in [3.8, 4) is 5.75 Å². The number of hydrogen-bond donors (Lipinski definition) is 1. The molecule has 0 fully saturated rings. The molecule has 2 heterocycles. The average Bonchev–Trinajstić information content (AvgIpc) is 3.04. The van der Waals surface area contributed by atoms with E-state index in [-0.39, 0.29) is 6.04 Å². The minimum absolute atomic E-state index is 0.251. The van der Waals surface area contributed by atoms with Gasteiger partial charge in [-0.05, 0) is 43.9 Å². The Hall–Kier alpha value is -2.02. The smallest absolute Gasteiger partial charge is 0.434 e. The second-order valence-electron chi connectivity index (χ2n) is 6.92. The van der Waals surface area contributed by atoms with Crippen LogP contribution in [0.2, 0.25) is 0 Å². The van der Waals surface area contributed by atoms with Gasteiger partial charge in [-0.1, -0.05) is 18.2 Å². The van der Waals surface area contributed by atoms with E-state index >= 15 is 0 Å². The van der Waals surface area contributed by atoms with E-state index in [9.17, 15) is 13.2 Å². The SMILES string of the molecule is COc1ccccc1CC(C)NCC1CCc2nc(C(F)(F)F)cn2C1. The van der Waals surface area contributed by atoms with E-state index < -0.39 is 11.9 Å². The molecular formula is C19H24F3N3O. The number of hydrogen-bond acceptors (Lipinski definition) is 3. The summed E-state index contributed by atoms with van der Waals surface area (Å²) in [5.41, 5.74) is 0.357. The number of imidazole rings is 1. The molecule has 0 aliphatic carbocycles. The largest absolute Gasteiger partial charge is 0.496 e. The minimum Gasteiger partial charge on any atom is -0.496 e. The summed E-state index contributed by atoms with van der Waals surface area (Å²) in [7, 11) is 1.66. The first-order valence-corrected chi connectivity index (χ1v) is 8.85. The number of fused-ring (bicyclic) bond motifs is 1. The molecule has 142 valence electrons. The predicted molar refractivity (Wildman–Crippen MR) is 93.2 cm³/mol. The molecule has 3 rings (SSSR count). The molecule has 0 radical (unpaired) electrons. The second kappa shape index (κ2) is 7.70. The topological polar surface area (TPSA) is 39.1 Å². The third-order valence-electron chi connectivity index (χ3n) is 4.85. The van der Waals surface area contributed by atoms with Crippen LogP contribution in [0, 0.1) is 5.92 Å². The first-order chi connectivity index (χ1) is 12.4. The molecule has 2 atom stereocenters. The molecule has 0 bridgehead atoms. The molecular weight excluding hydrogens is 343 g/mol. The molecule has 1 aromatic heterocycles. The van der Waals surface area contributed by atoms with Crippen LogP contribution in [0.5, 0.6) is 5.75 Å². The van der Waals surface area contributed by atoms with E-state index in [0.717, 1.165) is 36.9 Å². The fourth-order valence-corrected chi connectivity index (χ4v) is 3.46. The predicted octanol–water partition coefficient (Wildman–Crippen LogP) is 3.69. The molecule has 1 aliphatic rings. The highest BCUT2D eigenvalue weighted by molar-refractivity contribution is 5.33. The lowest BCUT2D eigenvalue weighted by molar-refractivity contribution is -0.141. The van der Waals surface area contributed by atoms with Crippen molar-refractivity contribution >= 4 is 0 Å². The first kappa shape index (κ1) is 18.8. The van der Waals surface area contributed by atoms with Gasteiger partial charge in [-0.2, -0.15) is 13.2 Å². The van der Waals surface area contributed by atoms with Crippen LogP contribution in [-0.2, 0) is 25.6 Å². The second-order valence-corrected chi connectivity index (χ2v) is 6.92. The molecule has 1 N–H and O–H groups in total. The number of aromatic nitrogens is 2. The summed E-state index contributed by atoms with van der Waals surface area (Å²) in [5.74, 6) is 1.72. The quantitative estimate of drug-likeness (QED) is 0.846. The third kappa shape index (κ3) is 4.38. The Morgan fingerprint density at radius 1 is 1.35 bits per heavy atom. The number of halogens is 3. The van der Waals surface area contributed by atoms with E-state index in [1.165, 1.54) is 0 Å². The Labute approximate surface area is 151 Å². The minimum atomic E-state index is -4.37. The first-order valence-electron chi connectivity index (χ1n) is 8.85. The molecule has 1 aromatic carbocycles. The van der Waals surface area contributed by atoms with Crippen LogP contribution in [0.4, 0.5) is 13.2 Å².